The molecule has 0 spiro atoms. The molecule has 1 unspecified atom stereocenters. The first-order valence-electron chi connectivity index (χ1n) is 7.26. The monoisotopic (exact) mass is 335 g/mol. The van der Waals surface area contributed by atoms with E-state index in [1.807, 2.05) is 12.1 Å². The first kappa shape index (κ1) is 17.4. The van der Waals surface area contributed by atoms with Gasteiger partial charge in [0.05, 0.1) is 13.0 Å². The van der Waals surface area contributed by atoms with Crippen molar-refractivity contribution in [2.24, 2.45) is 0 Å². The van der Waals surface area contributed by atoms with E-state index in [9.17, 15) is 9.18 Å². The van der Waals surface area contributed by atoms with Crippen molar-refractivity contribution in [1.82, 2.24) is 5.32 Å². The highest BCUT2D eigenvalue weighted by atomic mass is 35.5. The summed E-state index contributed by atoms with van der Waals surface area (Å²) in [7, 11) is 1.49. The Kier molecular flexibility index (Phi) is 5.74. The predicted molar refractivity (Wildman–Crippen MR) is 88.9 cm³/mol. The van der Waals surface area contributed by atoms with Crippen LogP contribution >= 0.6 is 11.6 Å². The smallest absolute Gasteiger partial charge is 0.224 e. The van der Waals surface area contributed by atoms with E-state index in [4.69, 9.17) is 16.3 Å². The number of amides is 1. The van der Waals surface area contributed by atoms with Gasteiger partial charge in [0.15, 0.2) is 0 Å². The third kappa shape index (κ3) is 4.30. The van der Waals surface area contributed by atoms with Crippen LogP contribution in [0.5, 0.6) is 0 Å². The van der Waals surface area contributed by atoms with Crippen molar-refractivity contribution in [2.45, 2.75) is 18.9 Å². The molecule has 1 N–H and O–H groups in total. The summed E-state index contributed by atoms with van der Waals surface area (Å²) in [5, 5.41) is 3.33. The van der Waals surface area contributed by atoms with Crippen LogP contribution in [0.4, 0.5) is 4.39 Å². The van der Waals surface area contributed by atoms with Crippen LogP contribution in [0.2, 0.25) is 5.02 Å². The van der Waals surface area contributed by atoms with Gasteiger partial charge in [-0.05, 0) is 24.6 Å². The van der Waals surface area contributed by atoms with Crippen molar-refractivity contribution >= 4 is 17.5 Å². The fourth-order valence-corrected chi connectivity index (χ4v) is 2.51. The first-order valence-corrected chi connectivity index (χ1v) is 7.64. The van der Waals surface area contributed by atoms with E-state index in [0.29, 0.717) is 10.6 Å². The summed E-state index contributed by atoms with van der Waals surface area (Å²) in [5.74, 6) is -0.560. The quantitative estimate of drug-likeness (QED) is 0.874. The number of ether oxygens (including phenoxy) is 1. The summed E-state index contributed by atoms with van der Waals surface area (Å²) < 4.78 is 19.4. The molecule has 1 amide bonds. The van der Waals surface area contributed by atoms with Crippen molar-refractivity contribution in [3.05, 3.63) is 70.5 Å². The number of methoxy groups -OCH3 is 1. The highest BCUT2D eigenvalue weighted by Crippen LogP contribution is 2.26. The average Bonchev–Trinajstić information content (AvgIpc) is 2.55. The maximum Gasteiger partial charge on any atom is 0.224 e. The Bertz CT molecular complexity index is 692. The maximum absolute atomic E-state index is 14.0. The number of halogens is 2. The van der Waals surface area contributed by atoms with Gasteiger partial charge < -0.3 is 10.1 Å². The number of carbonyl (C=O) groups is 1. The van der Waals surface area contributed by atoms with Gasteiger partial charge in [-0.25, -0.2) is 4.39 Å². The highest BCUT2D eigenvalue weighted by molar-refractivity contribution is 6.31. The van der Waals surface area contributed by atoms with E-state index in [1.54, 1.807) is 37.3 Å². The van der Waals surface area contributed by atoms with Crippen molar-refractivity contribution in [2.75, 3.05) is 13.7 Å². The third-order valence-electron chi connectivity index (χ3n) is 3.83. The van der Waals surface area contributed by atoms with Crippen LogP contribution in [0.3, 0.4) is 0 Å². The number of nitrogens with one attached hydrogen (secondary N) is 1. The number of carbonyl (C=O) groups excluding carboxylic acids is 1. The molecule has 23 heavy (non-hydrogen) atoms. The number of benzene rings is 2. The van der Waals surface area contributed by atoms with E-state index >= 15 is 0 Å². The molecular weight excluding hydrogens is 317 g/mol. The summed E-state index contributed by atoms with van der Waals surface area (Å²) in [6.45, 7) is 1.90. The molecule has 0 saturated carbocycles. The second kappa shape index (κ2) is 7.57. The summed E-state index contributed by atoms with van der Waals surface area (Å²) in [4.78, 5) is 12.1. The first-order chi connectivity index (χ1) is 11.0. The molecule has 0 aliphatic heterocycles. The SMILES string of the molecule is COC(C)(CNC(=O)Cc1ccccc1Cl)c1ccccc1F. The molecule has 0 heterocycles. The molecule has 0 aromatic heterocycles. The topological polar surface area (TPSA) is 38.3 Å². The molecule has 3 nitrogen and oxygen atoms in total. The number of hydrogen-bond donors (Lipinski definition) is 1. The molecule has 5 heteroatoms. The molecule has 2 aromatic carbocycles. The molecular formula is C18H19ClFNO2. The van der Waals surface area contributed by atoms with Crippen LogP contribution in [-0.4, -0.2) is 19.6 Å². The van der Waals surface area contributed by atoms with Gasteiger partial charge in [0, 0.05) is 17.7 Å². The van der Waals surface area contributed by atoms with Crippen molar-refractivity contribution in [1.29, 1.82) is 0 Å². The zero-order valence-corrected chi connectivity index (χ0v) is 13.9. The Balaban J connectivity index is 2.04. The fraction of sp³-hybridized carbons (Fsp3) is 0.278. The van der Waals surface area contributed by atoms with Gasteiger partial charge in [-0.2, -0.15) is 0 Å². The fourth-order valence-electron chi connectivity index (χ4n) is 2.31. The lowest BCUT2D eigenvalue weighted by molar-refractivity contribution is -0.122. The Morgan fingerprint density at radius 3 is 2.52 bits per heavy atom. The minimum atomic E-state index is -0.943. The van der Waals surface area contributed by atoms with Crippen LogP contribution < -0.4 is 5.32 Å². The van der Waals surface area contributed by atoms with Crippen LogP contribution in [0.25, 0.3) is 0 Å². The Hall–Kier alpha value is -1.91. The van der Waals surface area contributed by atoms with Crippen molar-refractivity contribution in [3.63, 3.8) is 0 Å². The summed E-state index contributed by atoms with van der Waals surface area (Å²) in [6.07, 6.45) is 0.163. The van der Waals surface area contributed by atoms with Crippen LogP contribution in [0, 0.1) is 5.82 Å². The molecule has 0 fully saturated rings. The molecule has 0 radical (unpaired) electrons. The van der Waals surface area contributed by atoms with Crippen molar-refractivity contribution < 1.29 is 13.9 Å². The molecule has 1 atom stereocenters. The lowest BCUT2D eigenvalue weighted by atomic mass is 9.95. The standard InChI is InChI=1S/C18H19ClFNO2/c1-18(23-2,14-8-4-6-10-16(14)20)12-21-17(22)11-13-7-3-5-9-15(13)19/h3-10H,11-12H2,1-2H3,(H,21,22). The largest absolute Gasteiger partial charge is 0.372 e. The molecule has 0 saturated heterocycles. The lowest BCUT2D eigenvalue weighted by Gasteiger charge is -2.29. The Labute approximate surface area is 140 Å². The molecule has 0 aliphatic carbocycles. The van der Waals surface area contributed by atoms with E-state index in [0.717, 1.165) is 5.56 Å². The van der Waals surface area contributed by atoms with Gasteiger partial charge in [0.1, 0.15) is 11.4 Å². The zero-order chi connectivity index (χ0) is 16.9. The van der Waals surface area contributed by atoms with E-state index in [1.165, 1.54) is 13.2 Å². The Morgan fingerprint density at radius 1 is 1.22 bits per heavy atom. The minimum Gasteiger partial charge on any atom is -0.372 e. The summed E-state index contributed by atoms with van der Waals surface area (Å²) in [6, 6.07) is 13.6. The van der Waals surface area contributed by atoms with Gasteiger partial charge >= 0.3 is 0 Å². The van der Waals surface area contributed by atoms with E-state index in [2.05, 4.69) is 5.32 Å². The summed E-state index contributed by atoms with van der Waals surface area (Å²) >= 11 is 6.05. The maximum atomic E-state index is 14.0. The lowest BCUT2D eigenvalue weighted by Crippen LogP contribution is -2.41. The van der Waals surface area contributed by atoms with Crippen LogP contribution in [-0.2, 0) is 21.6 Å². The van der Waals surface area contributed by atoms with Crippen LogP contribution in [0.1, 0.15) is 18.1 Å². The zero-order valence-electron chi connectivity index (χ0n) is 13.1. The van der Waals surface area contributed by atoms with Gasteiger partial charge in [0.2, 0.25) is 5.91 Å². The van der Waals surface area contributed by atoms with E-state index < -0.39 is 5.60 Å². The average molecular weight is 336 g/mol. The number of hydrogen-bond acceptors (Lipinski definition) is 2. The van der Waals surface area contributed by atoms with Gasteiger partial charge in [-0.1, -0.05) is 48.0 Å². The Morgan fingerprint density at radius 2 is 1.87 bits per heavy atom. The van der Waals surface area contributed by atoms with Crippen molar-refractivity contribution in [3.8, 4) is 0 Å². The third-order valence-corrected chi connectivity index (χ3v) is 4.19. The highest BCUT2D eigenvalue weighted by Gasteiger charge is 2.29. The van der Waals surface area contributed by atoms with Gasteiger partial charge in [-0.3, -0.25) is 4.79 Å². The minimum absolute atomic E-state index is 0.160. The van der Waals surface area contributed by atoms with Gasteiger partial charge in [-0.15, -0.1) is 0 Å². The van der Waals surface area contributed by atoms with Crippen LogP contribution in [0.15, 0.2) is 48.5 Å². The summed E-state index contributed by atoms with van der Waals surface area (Å²) in [5.41, 5.74) is 0.207. The van der Waals surface area contributed by atoms with Gasteiger partial charge in [0.25, 0.3) is 0 Å². The number of rotatable bonds is 6. The normalized spacial score (nSPS) is 13.4. The molecule has 0 aliphatic rings. The second-order valence-electron chi connectivity index (χ2n) is 5.46. The molecule has 0 bridgehead atoms. The molecule has 2 aromatic rings. The van der Waals surface area contributed by atoms with E-state index in [-0.39, 0.29) is 24.7 Å². The second-order valence-corrected chi connectivity index (χ2v) is 5.87. The molecule has 2 rings (SSSR count). The molecule has 122 valence electrons. The predicted octanol–water partition coefficient (Wildman–Crippen LogP) is 3.70.